The fourth-order valence-corrected chi connectivity index (χ4v) is 2.37. The number of likely N-dealkylation sites (tertiary alicyclic amines) is 1. The van der Waals surface area contributed by atoms with Crippen molar-refractivity contribution in [3.63, 3.8) is 0 Å². The van der Waals surface area contributed by atoms with Crippen LogP contribution in [0.15, 0.2) is 23.2 Å². The highest BCUT2D eigenvalue weighted by Gasteiger charge is 2.15. The third-order valence-electron chi connectivity index (χ3n) is 3.43. The molecule has 2 N–H and O–H groups in total. The molecule has 0 atom stereocenters. The molecule has 1 aliphatic rings. The lowest BCUT2D eigenvalue weighted by Crippen LogP contribution is -2.39. The summed E-state index contributed by atoms with van der Waals surface area (Å²) in [5.41, 5.74) is 1.23. The highest BCUT2D eigenvalue weighted by Crippen LogP contribution is 2.12. The first-order chi connectivity index (χ1) is 9.74. The minimum atomic E-state index is -0.369. The lowest BCUT2D eigenvalue weighted by Gasteiger charge is -2.20. The van der Waals surface area contributed by atoms with Crippen molar-refractivity contribution in [1.29, 1.82) is 0 Å². The predicted octanol–water partition coefficient (Wildman–Crippen LogP) is 1.88. The number of halogens is 1. The van der Waals surface area contributed by atoms with Gasteiger partial charge in [0.15, 0.2) is 5.96 Å². The van der Waals surface area contributed by atoms with Crippen molar-refractivity contribution in [3.05, 3.63) is 35.1 Å². The standard InChI is InChI=1S/C15H22FN3O/c1-2-17-15(19-7-3-4-8-19)18-10-12-5-6-14(16)13(9-12)11-20/h5-6,9,20H,2-4,7-8,10-11H2,1H3,(H,17,18). The molecule has 0 aromatic heterocycles. The molecular formula is C15H22FN3O. The lowest BCUT2D eigenvalue weighted by molar-refractivity contribution is 0.275. The van der Waals surface area contributed by atoms with E-state index in [0.29, 0.717) is 12.1 Å². The SMILES string of the molecule is CCNC(=NCc1ccc(F)c(CO)c1)N1CCCC1. The van der Waals surface area contributed by atoms with E-state index in [1.807, 2.05) is 6.92 Å². The van der Waals surface area contributed by atoms with E-state index in [4.69, 9.17) is 5.11 Å². The van der Waals surface area contributed by atoms with Crippen LogP contribution in [0.1, 0.15) is 30.9 Å². The van der Waals surface area contributed by atoms with Gasteiger partial charge in [-0.3, -0.25) is 0 Å². The van der Waals surface area contributed by atoms with Gasteiger partial charge in [-0.1, -0.05) is 6.07 Å². The summed E-state index contributed by atoms with van der Waals surface area (Å²) in [6.07, 6.45) is 2.41. The Kier molecular flexibility index (Phi) is 5.35. The maximum atomic E-state index is 13.3. The molecule has 0 bridgehead atoms. The normalized spacial score (nSPS) is 15.8. The average molecular weight is 279 g/mol. The van der Waals surface area contributed by atoms with Gasteiger partial charge in [-0.25, -0.2) is 9.38 Å². The van der Waals surface area contributed by atoms with Gasteiger partial charge < -0.3 is 15.3 Å². The molecule has 1 fully saturated rings. The minimum Gasteiger partial charge on any atom is -0.392 e. The summed E-state index contributed by atoms with van der Waals surface area (Å²) < 4.78 is 13.3. The zero-order valence-electron chi connectivity index (χ0n) is 11.9. The third-order valence-corrected chi connectivity index (χ3v) is 3.43. The Labute approximate surface area is 119 Å². The second-order valence-corrected chi connectivity index (χ2v) is 4.95. The number of hydrogen-bond donors (Lipinski definition) is 2. The maximum Gasteiger partial charge on any atom is 0.194 e. The number of aliphatic imine (C=N–C) groups is 1. The van der Waals surface area contributed by atoms with E-state index in [1.54, 1.807) is 12.1 Å². The highest BCUT2D eigenvalue weighted by molar-refractivity contribution is 5.80. The summed E-state index contributed by atoms with van der Waals surface area (Å²) in [6, 6.07) is 4.77. The highest BCUT2D eigenvalue weighted by atomic mass is 19.1. The van der Waals surface area contributed by atoms with Crippen molar-refractivity contribution in [2.24, 2.45) is 4.99 Å². The van der Waals surface area contributed by atoms with Crippen LogP contribution in [0.2, 0.25) is 0 Å². The lowest BCUT2D eigenvalue weighted by atomic mass is 10.1. The van der Waals surface area contributed by atoms with Gasteiger partial charge in [0.2, 0.25) is 0 Å². The number of guanidine groups is 1. The molecule has 1 aromatic rings. The molecule has 0 spiro atoms. The zero-order valence-corrected chi connectivity index (χ0v) is 11.9. The van der Waals surface area contributed by atoms with Gasteiger partial charge in [-0.2, -0.15) is 0 Å². The van der Waals surface area contributed by atoms with Crippen molar-refractivity contribution >= 4 is 5.96 Å². The summed E-state index contributed by atoms with van der Waals surface area (Å²) in [5.74, 6) is 0.548. The molecule has 1 saturated heterocycles. The number of aliphatic hydroxyl groups is 1. The molecule has 0 amide bonds. The topological polar surface area (TPSA) is 47.9 Å². The molecule has 5 heteroatoms. The number of benzene rings is 1. The van der Waals surface area contributed by atoms with Crippen molar-refractivity contribution in [2.75, 3.05) is 19.6 Å². The Bertz CT molecular complexity index is 470. The Hall–Kier alpha value is -1.62. The van der Waals surface area contributed by atoms with Crippen LogP contribution in [0, 0.1) is 5.82 Å². The molecule has 1 aliphatic heterocycles. The second-order valence-electron chi connectivity index (χ2n) is 4.95. The smallest absolute Gasteiger partial charge is 0.194 e. The quantitative estimate of drug-likeness (QED) is 0.653. The fraction of sp³-hybridized carbons (Fsp3) is 0.533. The zero-order chi connectivity index (χ0) is 14.4. The largest absolute Gasteiger partial charge is 0.392 e. The first-order valence-corrected chi connectivity index (χ1v) is 7.16. The van der Waals surface area contributed by atoms with Crippen LogP contribution in [-0.4, -0.2) is 35.6 Å². The summed E-state index contributed by atoms with van der Waals surface area (Å²) in [6.45, 7) is 5.17. The molecule has 110 valence electrons. The van der Waals surface area contributed by atoms with Gasteiger partial charge in [-0.05, 0) is 37.5 Å². The summed E-state index contributed by atoms with van der Waals surface area (Å²) >= 11 is 0. The summed E-state index contributed by atoms with van der Waals surface area (Å²) in [4.78, 5) is 6.85. The van der Waals surface area contributed by atoms with Crippen LogP contribution >= 0.6 is 0 Å². The number of aliphatic hydroxyl groups excluding tert-OH is 1. The van der Waals surface area contributed by atoms with Gasteiger partial charge in [0, 0.05) is 25.2 Å². The Morgan fingerprint density at radius 3 is 2.80 bits per heavy atom. The van der Waals surface area contributed by atoms with Crippen molar-refractivity contribution in [2.45, 2.75) is 32.9 Å². The number of nitrogens with one attached hydrogen (secondary N) is 1. The van der Waals surface area contributed by atoms with E-state index in [2.05, 4.69) is 15.2 Å². The minimum absolute atomic E-state index is 0.282. The first-order valence-electron chi connectivity index (χ1n) is 7.16. The Balaban J connectivity index is 2.08. The third kappa shape index (κ3) is 3.70. The Morgan fingerprint density at radius 2 is 2.15 bits per heavy atom. The molecule has 4 nitrogen and oxygen atoms in total. The number of hydrogen-bond acceptors (Lipinski definition) is 2. The van der Waals surface area contributed by atoms with Gasteiger partial charge in [0.05, 0.1) is 13.2 Å². The van der Waals surface area contributed by atoms with E-state index in [0.717, 1.165) is 31.2 Å². The van der Waals surface area contributed by atoms with E-state index in [-0.39, 0.29) is 12.4 Å². The molecular weight excluding hydrogens is 257 g/mol. The monoisotopic (exact) mass is 279 g/mol. The van der Waals surface area contributed by atoms with Crippen LogP contribution in [0.5, 0.6) is 0 Å². The number of nitrogens with zero attached hydrogens (tertiary/aromatic N) is 2. The van der Waals surface area contributed by atoms with Gasteiger partial charge in [-0.15, -0.1) is 0 Å². The number of rotatable bonds is 4. The molecule has 0 saturated carbocycles. The first kappa shape index (κ1) is 14.8. The van der Waals surface area contributed by atoms with E-state index in [1.165, 1.54) is 18.9 Å². The van der Waals surface area contributed by atoms with E-state index in [9.17, 15) is 4.39 Å². The van der Waals surface area contributed by atoms with Crippen molar-refractivity contribution < 1.29 is 9.50 Å². The van der Waals surface area contributed by atoms with Crippen LogP contribution in [-0.2, 0) is 13.2 Å². The van der Waals surface area contributed by atoms with Crippen molar-refractivity contribution in [1.82, 2.24) is 10.2 Å². The molecule has 0 radical (unpaired) electrons. The van der Waals surface area contributed by atoms with Crippen LogP contribution in [0.4, 0.5) is 4.39 Å². The second kappa shape index (κ2) is 7.24. The van der Waals surface area contributed by atoms with Crippen molar-refractivity contribution in [3.8, 4) is 0 Å². The van der Waals surface area contributed by atoms with Crippen LogP contribution in [0.25, 0.3) is 0 Å². The molecule has 20 heavy (non-hydrogen) atoms. The summed E-state index contributed by atoms with van der Waals surface area (Å²) in [7, 11) is 0. The average Bonchev–Trinajstić information content (AvgIpc) is 2.99. The van der Waals surface area contributed by atoms with Crippen LogP contribution < -0.4 is 5.32 Å². The van der Waals surface area contributed by atoms with Gasteiger partial charge in [0.25, 0.3) is 0 Å². The molecule has 1 aromatic carbocycles. The van der Waals surface area contributed by atoms with E-state index >= 15 is 0 Å². The Morgan fingerprint density at radius 1 is 1.40 bits per heavy atom. The molecule has 1 heterocycles. The summed E-state index contributed by atoms with van der Waals surface area (Å²) in [5, 5.41) is 12.4. The van der Waals surface area contributed by atoms with Crippen LogP contribution in [0.3, 0.4) is 0 Å². The molecule has 0 unspecified atom stereocenters. The van der Waals surface area contributed by atoms with Gasteiger partial charge >= 0.3 is 0 Å². The van der Waals surface area contributed by atoms with E-state index < -0.39 is 0 Å². The maximum absolute atomic E-state index is 13.3. The fourth-order valence-electron chi connectivity index (χ4n) is 2.37. The predicted molar refractivity (Wildman–Crippen MR) is 77.9 cm³/mol. The van der Waals surface area contributed by atoms with Gasteiger partial charge in [0.1, 0.15) is 5.82 Å². The molecule has 2 rings (SSSR count). The molecule has 0 aliphatic carbocycles.